The van der Waals surface area contributed by atoms with E-state index in [2.05, 4.69) is 15.3 Å². The van der Waals surface area contributed by atoms with Crippen molar-refractivity contribution in [2.45, 2.75) is 25.8 Å². The molecule has 4 rings (SSSR count). The molecule has 1 fully saturated rings. The summed E-state index contributed by atoms with van der Waals surface area (Å²) < 4.78 is 24.2. The summed E-state index contributed by atoms with van der Waals surface area (Å²) in [5.41, 5.74) is 0.688. The Labute approximate surface area is 205 Å². The minimum absolute atomic E-state index is 0.0651. The third-order valence-electron chi connectivity index (χ3n) is 5.70. The SMILES string of the molecule is C[C@H]1C(=O)OCCN1CCCCOc1cc2ncnc(Nc3ccc(F)c(Cl)c3)c2cc1[N+](=O)[O-]. The number of unbranched alkanes of at least 4 members (excludes halogenated alkanes) is 1. The molecule has 0 radical (unpaired) electrons. The molecule has 0 saturated carbocycles. The highest BCUT2D eigenvalue weighted by molar-refractivity contribution is 6.31. The molecule has 184 valence electrons. The number of nitrogens with one attached hydrogen (secondary N) is 1. The third-order valence-corrected chi connectivity index (χ3v) is 5.99. The van der Waals surface area contributed by atoms with Gasteiger partial charge in [-0.05, 0) is 44.5 Å². The summed E-state index contributed by atoms with van der Waals surface area (Å²) in [6.45, 7) is 3.85. The summed E-state index contributed by atoms with van der Waals surface area (Å²) in [7, 11) is 0. The molecule has 0 bridgehead atoms. The van der Waals surface area contributed by atoms with Gasteiger partial charge in [-0.25, -0.2) is 14.4 Å². The van der Waals surface area contributed by atoms with Gasteiger partial charge < -0.3 is 14.8 Å². The predicted molar refractivity (Wildman–Crippen MR) is 128 cm³/mol. The fraction of sp³-hybridized carbons (Fsp3) is 0.348. The van der Waals surface area contributed by atoms with Crippen LogP contribution in [0.25, 0.3) is 10.9 Å². The Morgan fingerprint density at radius 3 is 2.91 bits per heavy atom. The molecule has 0 spiro atoms. The van der Waals surface area contributed by atoms with Gasteiger partial charge in [0.05, 0.1) is 27.5 Å². The number of fused-ring (bicyclic) bond motifs is 1. The van der Waals surface area contributed by atoms with Crippen LogP contribution in [0.15, 0.2) is 36.7 Å². The Balaban J connectivity index is 1.45. The Hall–Kier alpha value is -3.57. The number of carbonyl (C=O) groups excluding carboxylic acids is 1. The van der Waals surface area contributed by atoms with Crippen molar-refractivity contribution in [1.82, 2.24) is 14.9 Å². The molecule has 1 N–H and O–H groups in total. The average Bonchev–Trinajstić information content (AvgIpc) is 2.83. The molecule has 1 aliphatic rings. The van der Waals surface area contributed by atoms with Gasteiger partial charge in [-0.2, -0.15) is 0 Å². The zero-order valence-electron chi connectivity index (χ0n) is 18.9. The number of ether oxygens (including phenoxy) is 2. The summed E-state index contributed by atoms with van der Waals surface area (Å²) in [6, 6.07) is 6.65. The molecule has 0 unspecified atom stereocenters. The van der Waals surface area contributed by atoms with E-state index in [9.17, 15) is 19.3 Å². The van der Waals surface area contributed by atoms with Crippen LogP contribution in [0.3, 0.4) is 0 Å². The maximum Gasteiger partial charge on any atom is 0.323 e. The van der Waals surface area contributed by atoms with Crippen LogP contribution in [0.5, 0.6) is 5.75 Å². The van der Waals surface area contributed by atoms with E-state index in [0.29, 0.717) is 48.5 Å². The van der Waals surface area contributed by atoms with E-state index in [-0.39, 0.29) is 35.1 Å². The molecule has 1 aromatic heterocycles. The molecule has 3 aromatic rings. The average molecular weight is 504 g/mol. The van der Waals surface area contributed by atoms with Crippen molar-refractivity contribution in [3.63, 3.8) is 0 Å². The molecule has 1 atom stereocenters. The molecule has 2 aromatic carbocycles. The van der Waals surface area contributed by atoms with E-state index in [0.717, 1.165) is 6.42 Å². The first kappa shape index (κ1) is 24.6. The lowest BCUT2D eigenvalue weighted by atomic mass is 10.2. The van der Waals surface area contributed by atoms with E-state index in [1.807, 2.05) is 11.8 Å². The molecule has 2 heterocycles. The summed E-state index contributed by atoms with van der Waals surface area (Å²) in [6.07, 6.45) is 2.72. The largest absolute Gasteiger partial charge is 0.487 e. The number of halogens is 2. The van der Waals surface area contributed by atoms with Gasteiger partial charge in [0, 0.05) is 24.4 Å². The number of hydrogen-bond donors (Lipinski definition) is 1. The number of morpholine rings is 1. The molecule has 0 aliphatic carbocycles. The van der Waals surface area contributed by atoms with Crippen molar-refractivity contribution in [3.05, 3.63) is 57.6 Å². The Kier molecular flexibility index (Phi) is 7.57. The minimum atomic E-state index is -0.560. The highest BCUT2D eigenvalue weighted by Gasteiger charge is 2.26. The Morgan fingerprint density at radius 1 is 1.31 bits per heavy atom. The molecule has 35 heavy (non-hydrogen) atoms. The van der Waals surface area contributed by atoms with E-state index in [1.165, 1.54) is 36.7 Å². The first-order chi connectivity index (χ1) is 16.8. The van der Waals surface area contributed by atoms with Crippen molar-refractivity contribution >= 4 is 45.7 Å². The second-order valence-corrected chi connectivity index (χ2v) is 8.41. The van der Waals surface area contributed by atoms with Crippen molar-refractivity contribution in [2.75, 3.05) is 31.6 Å². The number of esters is 1. The number of benzene rings is 2. The van der Waals surface area contributed by atoms with E-state index in [4.69, 9.17) is 21.1 Å². The van der Waals surface area contributed by atoms with Crippen LogP contribution >= 0.6 is 11.6 Å². The number of carbonyl (C=O) groups is 1. The van der Waals surface area contributed by atoms with Gasteiger partial charge in [-0.15, -0.1) is 0 Å². The Bertz CT molecular complexity index is 1260. The van der Waals surface area contributed by atoms with Gasteiger partial charge in [-0.3, -0.25) is 19.8 Å². The summed E-state index contributed by atoms with van der Waals surface area (Å²) in [5, 5.41) is 15.1. The van der Waals surface area contributed by atoms with Crippen LogP contribution in [0, 0.1) is 15.9 Å². The predicted octanol–water partition coefficient (Wildman–Crippen LogP) is 4.48. The van der Waals surface area contributed by atoms with Crippen LogP contribution in [0.2, 0.25) is 5.02 Å². The molecule has 10 nitrogen and oxygen atoms in total. The lowest BCUT2D eigenvalue weighted by molar-refractivity contribution is -0.385. The van der Waals surface area contributed by atoms with Crippen LogP contribution in [0.1, 0.15) is 19.8 Å². The molecular formula is C23H23ClFN5O5. The van der Waals surface area contributed by atoms with E-state index in [1.54, 1.807) is 0 Å². The standard InChI is InChI=1S/C23H23ClFN5O5/c1-14-23(31)35-9-7-29(14)6-2-3-8-34-21-12-19-16(11-20(21)30(32)33)22(27-13-26-19)28-15-4-5-18(25)17(24)10-15/h4-5,10-14H,2-3,6-9H2,1H3,(H,26,27,28)/t14-/m0/s1. The number of hydrogen-bond acceptors (Lipinski definition) is 9. The topological polar surface area (TPSA) is 120 Å². The van der Waals surface area contributed by atoms with Gasteiger partial charge >= 0.3 is 11.7 Å². The minimum Gasteiger partial charge on any atom is -0.487 e. The zero-order chi connectivity index (χ0) is 24.9. The van der Waals surface area contributed by atoms with Gasteiger partial charge in [0.15, 0.2) is 5.75 Å². The fourth-order valence-corrected chi connectivity index (χ4v) is 3.95. The number of aromatic nitrogens is 2. The third kappa shape index (κ3) is 5.75. The normalized spacial score (nSPS) is 16.2. The van der Waals surface area contributed by atoms with Crippen LogP contribution in [-0.2, 0) is 9.53 Å². The number of cyclic esters (lactones) is 1. The van der Waals surface area contributed by atoms with Crippen LogP contribution < -0.4 is 10.1 Å². The summed E-state index contributed by atoms with van der Waals surface area (Å²) in [4.78, 5) is 33.3. The summed E-state index contributed by atoms with van der Waals surface area (Å²) >= 11 is 5.84. The van der Waals surface area contributed by atoms with Gasteiger partial charge in [-0.1, -0.05) is 11.6 Å². The lowest BCUT2D eigenvalue weighted by Crippen LogP contribution is -2.47. The van der Waals surface area contributed by atoms with Gasteiger partial charge in [0.1, 0.15) is 30.6 Å². The molecule has 0 amide bonds. The fourth-order valence-electron chi connectivity index (χ4n) is 3.77. The second-order valence-electron chi connectivity index (χ2n) is 8.01. The number of nitro groups is 1. The first-order valence-electron chi connectivity index (χ1n) is 11.0. The van der Waals surface area contributed by atoms with Crippen LogP contribution in [-0.4, -0.2) is 58.1 Å². The highest BCUT2D eigenvalue weighted by Crippen LogP contribution is 2.35. The van der Waals surface area contributed by atoms with Gasteiger partial charge in [0.25, 0.3) is 0 Å². The smallest absolute Gasteiger partial charge is 0.323 e. The quantitative estimate of drug-likeness (QED) is 0.195. The van der Waals surface area contributed by atoms with Crippen LogP contribution in [0.4, 0.5) is 21.6 Å². The van der Waals surface area contributed by atoms with Crippen molar-refractivity contribution in [3.8, 4) is 5.75 Å². The molecule has 1 aliphatic heterocycles. The molecule has 1 saturated heterocycles. The second kappa shape index (κ2) is 10.8. The maximum atomic E-state index is 13.5. The lowest BCUT2D eigenvalue weighted by Gasteiger charge is -2.31. The van der Waals surface area contributed by atoms with Gasteiger partial charge in [0.2, 0.25) is 0 Å². The number of anilines is 2. The number of nitro benzene ring substituents is 1. The maximum absolute atomic E-state index is 13.5. The van der Waals surface area contributed by atoms with E-state index >= 15 is 0 Å². The number of nitrogens with zero attached hydrogens (tertiary/aromatic N) is 4. The van der Waals surface area contributed by atoms with E-state index < -0.39 is 10.7 Å². The molecular weight excluding hydrogens is 481 g/mol. The zero-order valence-corrected chi connectivity index (χ0v) is 19.6. The highest BCUT2D eigenvalue weighted by atomic mass is 35.5. The monoisotopic (exact) mass is 503 g/mol. The summed E-state index contributed by atoms with van der Waals surface area (Å²) in [5.74, 6) is -0.374. The Morgan fingerprint density at radius 2 is 2.14 bits per heavy atom. The van der Waals surface area contributed by atoms with Crippen molar-refractivity contribution < 1.29 is 23.6 Å². The van der Waals surface area contributed by atoms with Crippen molar-refractivity contribution in [1.29, 1.82) is 0 Å². The van der Waals surface area contributed by atoms with Crippen molar-refractivity contribution in [2.24, 2.45) is 0 Å². The first-order valence-corrected chi connectivity index (χ1v) is 11.4. The molecule has 12 heteroatoms. The number of rotatable bonds is 9.